The van der Waals surface area contributed by atoms with Crippen LogP contribution in [0.2, 0.25) is 0 Å². The molecule has 0 aliphatic heterocycles. The standard InChI is InChI=1S/C16H16N2O4/c1-2-15(10-3-5-12(19)6-4-10)17-18-16(22)11-7-13(20)9-14(21)8-11/h3-9,19-21H,2H2,1H3,(H,18,22). The van der Waals surface area contributed by atoms with Gasteiger partial charge in [-0.2, -0.15) is 5.10 Å². The molecule has 6 heteroatoms. The zero-order valence-corrected chi connectivity index (χ0v) is 11.9. The van der Waals surface area contributed by atoms with Gasteiger partial charge in [0.25, 0.3) is 5.91 Å². The number of carbonyl (C=O) groups is 1. The number of rotatable bonds is 4. The number of hydrogen-bond donors (Lipinski definition) is 4. The van der Waals surface area contributed by atoms with Crippen LogP contribution < -0.4 is 5.43 Å². The first-order chi connectivity index (χ1) is 10.5. The molecule has 0 spiro atoms. The second-order valence-corrected chi connectivity index (χ2v) is 4.64. The Balaban J connectivity index is 2.17. The highest BCUT2D eigenvalue weighted by molar-refractivity contribution is 6.02. The van der Waals surface area contributed by atoms with Crippen molar-refractivity contribution < 1.29 is 20.1 Å². The maximum Gasteiger partial charge on any atom is 0.271 e. The summed E-state index contributed by atoms with van der Waals surface area (Å²) in [7, 11) is 0. The third-order valence-electron chi connectivity index (χ3n) is 2.99. The number of hydrazone groups is 1. The minimum absolute atomic E-state index is 0.0995. The Hall–Kier alpha value is -3.02. The maximum absolute atomic E-state index is 12.0. The molecule has 6 nitrogen and oxygen atoms in total. The van der Waals surface area contributed by atoms with E-state index in [1.54, 1.807) is 12.1 Å². The van der Waals surface area contributed by atoms with Gasteiger partial charge in [0.05, 0.1) is 5.71 Å². The number of carbonyl (C=O) groups excluding carboxylic acids is 1. The van der Waals surface area contributed by atoms with Crippen molar-refractivity contribution in [3.63, 3.8) is 0 Å². The Morgan fingerprint density at radius 2 is 1.55 bits per heavy atom. The van der Waals surface area contributed by atoms with Crippen molar-refractivity contribution in [2.24, 2.45) is 5.10 Å². The van der Waals surface area contributed by atoms with Gasteiger partial charge in [-0.3, -0.25) is 4.79 Å². The van der Waals surface area contributed by atoms with E-state index in [0.29, 0.717) is 12.1 Å². The summed E-state index contributed by atoms with van der Waals surface area (Å²) in [6, 6.07) is 10.1. The monoisotopic (exact) mass is 300 g/mol. The minimum Gasteiger partial charge on any atom is -0.508 e. The lowest BCUT2D eigenvalue weighted by Crippen LogP contribution is -2.19. The molecule has 114 valence electrons. The van der Waals surface area contributed by atoms with Crippen LogP contribution in [0.5, 0.6) is 17.2 Å². The van der Waals surface area contributed by atoms with Gasteiger partial charge >= 0.3 is 0 Å². The van der Waals surface area contributed by atoms with Crippen LogP contribution in [0.4, 0.5) is 0 Å². The van der Waals surface area contributed by atoms with E-state index < -0.39 is 5.91 Å². The molecule has 0 atom stereocenters. The van der Waals surface area contributed by atoms with Crippen LogP contribution in [-0.4, -0.2) is 26.9 Å². The highest BCUT2D eigenvalue weighted by Gasteiger charge is 2.09. The highest BCUT2D eigenvalue weighted by Crippen LogP contribution is 2.20. The van der Waals surface area contributed by atoms with Gasteiger partial charge in [0.1, 0.15) is 17.2 Å². The van der Waals surface area contributed by atoms with Gasteiger partial charge in [-0.15, -0.1) is 0 Å². The summed E-state index contributed by atoms with van der Waals surface area (Å²) < 4.78 is 0. The molecule has 1 amide bonds. The summed E-state index contributed by atoms with van der Waals surface area (Å²) in [5.74, 6) is -0.804. The van der Waals surface area contributed by atoms with Gasteiger partial charge in [0.2, 0.25) is 0 Å². The molecule has 0 bridgehead atoms. The first kappa shape index (κ1) is 15.4. The van der Waals surface area contributed by atoms with E-state index in [1.165, 1.54) is 24.3 Å². The van der Waals surface area contributed by atoms with E-state index in [0.717, 1.165) is 11.6 Å². The molecule has 0 aliphatic carbocycles. The number of benzene rings is 2. The fourth-order valence-electron chi connectivity index (χ4n) is 1.91. The molecule has 0 saturated heterocycles. The van der Waals surface area contributed by atoms with E-state index in [1.807, 2.05) is 6.92 Å². The highest BCUT2D eigenvalue weighted by atomic mass is 16.3. The maximum atomic E-state index is 12.0. The van der Waals surface area contributed by atoms with Crippen LogP contribution in [-0.2, 0) is 0 Å². The van der Waals surface area contributed by atoms with Crippen molar-refractivity contribution in [2.75, 3.05) is 0 Å². The fraction of sp³-hybridized carbons (Fsp3) is 0.125. The average molecular weight is 300 g/mol. The van der Waals surface area contributed by atoms with Gasteiger partial charge < -0.3 is 15.3 Å². The number of aromatic hydroxyl groups is 3. The molecular weight excluding hydrogens is 284 g/mol. The molecule has 0 saturated carbocycles. The normalized spacial score (nSPS) is 11.2. The SMILES string of the molecule is CCC(=NNC(=O)c1cc(O)cc(O)c1)c1ccc(O)cc1. The Kier molecular flexibility index (Phi) is 4.63. The van der Waals surface area contributed by atoms with Crippen molar-refractivity contribution in [3.05, 3.63) is 53.6 Å². The largest absolute Gasteiger partial charge is 0.508 e. The number of nitrogens with zero attached hydrogens (tertiary/aromatic N) is 1. The molecule has 4 N–H and O–H groups in total. The van der Waals surface area contributed by atoms with Crippen molar-refractivity contribution in [2.45, 2.75) is 13.3 Å². The second-order valence-electron chi connectivity index (χ2n) is 4.64. The molecule has 2 rings (SSSR count). The third kappa shape index (κ3) is 3.76. The zero-order chi connectivity index (χ0) is 16.1. The van der Waals surface area contributed by atoms with E-state index in [4.69, 9.17) is 0 Å². The molecule has 22 heavy (non-hydrogen) atoms. The van der Waals surface area contributed by atoms with Crippen molar-refractivity contribution >= 4 is 11.6 Å². The lowest BCUT2D eigenvalue weighted by molar-refractivity contribution is 0.0954. The van der Waals surface area contributed by atoms with E-state index in [9.17, 15) is 20.1 Å². The van der Waals surface area contributed by atoms with Crippen LogP contribution >= 0.6 is 0 Å². The number of amides is 1. The van der Waals surface area contributed by atoms with Crippen LogP contribution in [0, 0.1) is 0 Å². The van der Waals surface area contributed by atoms with Crippen molar-refractivity contribution in [1.82, 2.24) is 5.43 Å². The molecule has 0 unspecified atom stereocenters. The van der Waals surface area contributed by atoms with Crippen LogP contribution in [0.15, 0.2) is 47.6 Å². The number of hydrogen-bond acceptors (Lipinski definition) is 5. The summed E-state index contributed by atoms with van der Waals surface area (Å²) in [5, 5.41) is 32.1. The van der Waals surface area contributed by atoms with Crippen molar-refractivity contribution in [3.8, 4) is 17.2 Å². The van der Waals surface area contributed by atoms with Crippen LogP contribution in [0.1, 0.15) is 29.3 Å². The molecule has 0 fully saturated rings. The third-order valence-corrected chi connectivity index (χ3v) is 2.99. The molecule has 0 aromatic heterocycles. The van der Waals surface area contributed by atoms with Gasteiger partial charge in [-0.05, 0) is 48.4 Å². The first-order valence-electron chi connectivity index (χ1n) is 6.69. The molecule has 0 heterocycles. The molecule has 2 aromatic carbocycles. The van der Waals surface area contributed by atoms with Crippen molar-refractivity contribution in [1.29, 1.82) is 0 Å². The summed E-state index contributed by atoms with van der Waals surface area (Å²) in [4.78, 5) is 12.0. The fourth-order valence-corrected chi connectivity index (χ4v) is 1.91. The Bertz CT molecular complexity index is 688. The molecule has 0 aliphatic rings. The Labute approximate surface area is 127 Å². The zero-order valence-electron chi connectivity index (χ0n) is 11.9. The first-order valence-corrected chi connectivity index (χ1v) is 6.69. The predicted octanol–water partition coefficient (Wildman–Crippen LogP) is 2.35. The summed E-state index contributed by atoms with van der Waals surface area (Å²) in [6.45, 7) is 1.89. The molecule has 2 aromatic rings. The smallest absolute Gasteiger partial charge is 0.271 e. The average Bonchev–Trinajstić information content (AvgIpc) is 2.48. The quantitative estimate of drug-likeness (QED) is 0.514. The van der Waals surface area contributed by atoms with E-state index in [2.05, 4.69) is 10.5 Å². The van der Waals surface area contributed by atoms with Gasteiger partial charge in [-0.25, -0.2) is 5.43 Å². The van der Waals surface area contributed by atoms with Crippen LogP contribution in [0.25, 0.3) is 0 Å². The summed E-state index contributed by atoms with van der Waals surface area (Å²) in [6.07, 6.45) is 0.580. The van der Waals surface area contributed by atoms with E-state index >= 15 is 0 Å². The number of phenolic OH excluding ortho intramolecular Hbond substituents is 3. The molecule has 0 radical (unpaired) electrons. The predicted molar refractivity (Wildman–Crippen MR) is 82.2 cm³/mol. The Morgan fingerprint density at radius 1 is 0.955 bits per heavy atom. The lowest BCUT2D eigenvalue weighted by atomic mass is 10.1. The lowest BCUT2D eigenvalue weighted by Gasteiger charge is -2.06. The number of nitrogens with one attached hydrogen (secondary N) is 1. The van der Waals surface area contributed by atoms with Gasteiger partial charge in [-0.1, -0.05) is 6.92 Å². The summed E-state index contributed by atoms with van der Waals surface area (Å²) in [5.41, 5.74) is 3.90. The Morgan fingerprint density at radius 3 is 2.09 bits per heavy atom. The van der Waals surface area contributed by atoms with Gasteiger partial charge in [0.15, 0.2) is 0 Å². The minimum atomic E-state index is -0.545. The van der Waals surface area contributed by atoms with Crippen LogP contribution in [0.3, 0.4) is 0 Å². The summed E-state index contributed by atoms with van der Waals surface area (Å²) >= 11 is 0. The topological polar surface area (TPSA) is 102 Å². The van der Waals surface area contributed by atoms with Gasteiger partial charge in [0, 0.05) is 11.6 Å². The second kappa shape index (κ2) is 6.62. The number of phenols is 3. The molecular formula is C16H16N2O4. The van der Waals surface area contributed by atoms with E-state index in [-0.39, 0.29) is 22.8 Å².